The Balaban J connectivity index is 1.92. The number of fused-ring (bicyclic) bond motifs is 2. The largest absolute Gasteiger partial charge is 0.378 e. The molecule has 4 unspecified atom stereocenters. The van der Waals surface area contributed by atoms with Crippen molar-refractivity contribution in [1.82, 2.24) is 0 Å². The molecule has 17 heavy (non-hydrogen) atoms. The van der Waals surface area contributed by atoms with Gasteiger partial charge in [0.1, 0.15) is 0 Å². The van der Waals surface area contributed by atoms with Crippen LogP contribution in [0, 0.1) is 23.7 Å². The average Bonchev–Trinajstić information content (AvgIpc) is 2.27. The normalized spacial score (nSPS) is 37.1. The fraction of sp³-hybridized carbons (Fsp3) is 0.875. The molecule has 0 spiro atoms. The van der Waals surface area contributed by atoms with E-state index in [1.807, 2.05) is 0 Å². The van der Waals surface area contributed by atoms with Gasteiger partial charge in [0.25, 0.3) is 0 Å². The van der Waals surface area contributed by atoms with Gasteiger partial charge in [0.05, 0.1) is 6.10 Å². The summed E-state index contributed by atoms with van der Waals surface area (Å²) in [6.45, 7) is 10.2. The highest BCUT2D eigenvalue weighted by atomic mass is 16.5. The van der Waals surface area contributed by atoms with E-state index in [2.05, 4.69) is 33.8 Å². The summed E-state index contributed by atoms with van der Waals surface area (Å²) in [5.41, 5.74) is 1.59. The molecule has 1 nitrogen and oxygen atoms in total. The molecule has 0 aromatic heterocycles. The molecule has 0 N–H and O–H groups in total. The molecule has 0 aromatic carbocycles. The highest BCUT2D eigenvalue weighted by Crippen LogP contribution is 2.44. The van der Waals surface area contributed by atoms with Gasteiger partial charge >= 0.3 is 0 Å². The highest BCUT2D eigenvalue weighted by molar-refractivity contribution is 5.13. The SMILES string of the molecule is CC1=CCC2CC1C(OCCC(C)C)CC2C. The maximum atomic E-state index is 6.18. The fourth-order valence-corrected chi connectivity index (χ4v) is 3.37. The molecule has 98 valence electrons. The number of allylic oxidation sites excluding steroid dienone is 1. The van der Waals surface area contributed by atoms with Crippen molar-refractivity contribution in [3.8, 4) is 0 Å². The van der Waals surface area contributed by atoms with E-state index >= 15 is 0 Å². The van der Waals surface area contributed by atoms with Crippen LogP contribution in [0.4, 0.5) is 0 Å². The third-order valence-electron chi connectivity index (χ3n) is 4.77. The van der Waals surface area contributed by atoms with Crippen LogP contribution in [0.5, 0.6) is 0 Å². The average molecular weight is 236 g/mol. The summed E-state index contributed by atoms with van der Waals surface area (Å²) >= 11 is 0. The molecule has 0 aliphatic heterocycles. The Kier molecular flexibility index (Phi) is 4.30. The van der Waals surface area contributed by atoms with Gasteiger partial charge in [0, 0.05) is 12.5 Å². The van der Waals surface area contributed by atoms with Crippen LogP contribution in [0.2, 0.25) is 0 Å². The van der Waals surface area contributed by atoms with Crippen molar-refractivity contribution in [2.24, 2.45) is 23.7 Å². The summed E-state index contributed by atoms with van der Waals surface area (Å²) in [6.07, 6.45) is 8.12. The summed E-state index contributed by atoms with van der Waals surface area (Å²) in [7, 11) is 0. The van der Waals surface area contributed by atoms with Crippen molar-refractivity contribution in [3.05, 3.63) is 11.6 Å². The van der Waals surface area contributed by atoms with Crippen LogP contribution in [0.1, 0.15) is 53.4 Å². The molecular weight excluding hydrogens is 208 g/mol. The van der Waals surface area contributed by atoms with Gasteiger partial charge < -0.3 is 4.74 Å². The van der Waals surface area contributed by atoms with E-state index in [0.717, 1.165) is 30.3 Å². The fourth-order valence-electron chi connectivity index (χ4n) is 3.37. The van der Waals surface area contributed by atoms with Gasteiger partial charge in [-0.15, -0.1) is 0 Å². The third-order valence-corrected chi connectivity index (χ3v) is 4.77. The molecule has 0 radical (unpaired) electrons. The molecule has 0 heterocycles. The van der Waals surface area contributed by atoms with E-state index in [1.54, 1.807) is 5.57 Å². The molecule has 2 bridgehead atoms. The Labute approximate surface area is 107 Å². The van der Waals surface area contributed by atoms with Gasteiger partial charge in [0.15, 0.2) is 0 Å². The first-order chi connectivity index (χ1) is 8.08. The van der Waals surface area contributed by atoms with Gasteiger partial charge in [-0.2, -0.15) is 0 Å². The van der Waals surface area contributed by atoms with Crippen molar-refractivity contribution < 1.29 is 4.74 Å². The van der Waals surface area contributed by atoms with Crippen molar-refractivity contribution in [2.75, 3.05) is 6.61 Å². The van der Waals surface area contributed by atoms with Crippen molar-refractivity contribution >= 4 is 0 Å². The van der Waals surface area contributed by atoms with Crippen LogP contribution < -0.4 is 0 Å². The lowest BCUT2D eigenvalue weighted by Crippen LogP contribution is -2.39. The number of hydrogen-bond donors (Lipinski definition) is 0. The molecule has 0 amide bonds. The molecule has 2 aliphatic rings. The van der Waals surface area contributed by atoms with Crippen LogP contribution >= 0.6 is 0 Å². The number of ether oxygens (including phenoxy) is 1. The second-order valence-corrected chi connectivity index (χ2v) is 6.59. The van der Waals surface area contributed by atoms with E-state index in [9.17, 15) is 0 Å². The maximum absolute atomic E-state index is 6.18. The summed E-state index contributed by atoms with van der Waals surface area (Å²) < 4.78 is 6.18. The summed E-state index contributed by atoms with van der Waals surface area (Å²) in [5, 5.41) is 0. The summed E-state index contributed by atoms with van der Waals surface area (Å²) in [5.74, 6) is 3.25. The van der Waals surface area contributed by atoms with E-state index in [-0.39, 0.29) is 0 Å². The first kappa shape index (κ1) is 13.1. The zero-order chi connectivity index (χ0) is 12.4. The minimum absolute atomic E-state index is 0.497. The zero-order valence-corrected chi connectivity index (χ0v) is 11.9. The van der Waals surface area contributed by atoms with Crippen LogP contribution in [-0.4, -0.2) is 12.7 Å². The lowest BCUT2D eigenvalue weighted by molar-refractivity contribution is -0.0358. The molecule has 2 rings (SSSR count). The molecule has 4 atom stereocenters. The molecule has 1 fully saturated rings. The first-order valence-electron chi connectivity index (χ1n) is 7.36. The Hall–Kier alpha value is -0.300. The van der Waals surface area contributed by atoms with Crippen LogP contribution in [-0.2, 0) is 4.74 Å². The monoisotopic (exact) mass is 236 g/mol. The Morgan fingerprint density at radius 2 is 2.12 bits per heavy atom. The van der Waals surface area contributed by atoms with Gasteiger partial charge in [-0.25, -0.2) is 0 Å². The predicted octanol–water partition coefficient (Wildman–Crippen LogP) is 4.43. The Morgan fingerprint density at radius 3 is 2.82 bits per heavy atom. The van der Waals surface area contributed by atoms with Crippen LogP contribution in [0.3, 0.4) is 0 Å². The second-order valence-electron chi connectivity index (χ2n) is 6.59. The van der Waals surface area contributed by atoms with Crippen molar-refractivity contribution in [1.29, 1.82) is 0 Å². The van der Waals surface area contributed by atoms with Gasteiger partial charge in [-0.1, -0.05) is 32.4 Å². The number of hydrogen-bond acceptors (Lipinski definition) is 1. The van der Waals surface area contributed by atoms with Crippen LogP contribution in [0.15, 0.2) is 11.6 Å². The van der Waals surface area contributed by atoms with Crippen molar-refractivity contribution in [3.63, 3.8) is 0 Å². The van der Waals surface area contributed by atoms with Crippen molar-refractivity contribution in [2.45, 2.75) is 59.5 Å². The van der Waals surface area contributed by atoms with E-state index in [4.69, 9.17) is 4.74 Å². The van der Waals surface area contributed by atoms with E-state index in [1.165, 1.54) is 25.7 Å². The molecule has 1 saturated carbocycles. The highest BCUT2D eigenvalue weighted by Gasteiger charge is 2.38. The number of rotatable bonds is 4. The maximum Gasteiger partial charge on any atom is 0.0642 e. The Morgan fingerprint density at radius 1 is 1.35 bits per heavy atom. The second kappa shape index (κ2) is 5.56. The molecule has 0 aromatic rings. The Bertz CT molecular complexity index is 279. The minimum atomic E-state index is 0.497. The lowest BCUT2D eigenvalue weighted by atomic mass is 9.66. The quantitative estimate of drug-likeness (QED) is 0.656. The molecular formula is C16H28O. The molecule has 2 aliphatic carbocycles. The van der Waals surface area contributed by atoms with Crippen LogP contribution in [0.25, 0.3) is 0 Å². The first-order valence-corrected chi connectivity index (χ1v) is 7.36. The molecule has 0 saturated heterocycles. The lowest BCUT2D eigenvalue weighted by Gasteiger charge is -2.43. The minimum Gasteiger partial charge on any atom is -0.378 e. The van der Waals surface area contributed by atoms with Gasteiger partial charge in [-0.05, 0) is 50.4 Å². The predicted molar refractivity (Wildman–Crippen MR) is 72.9 cm³/mol. The van der Waals surface area contributed by atoms with Gasteiger partial charge in [0.2, 0.25) is 0 Å². The van der Waals surface area contributed by atoms with E-state index in [0.29, 0.717) is 6.10 Å². The standard InChI is InChI=1S/C16H28O/c1-11(2)7-8-17-16-9-13(4)14-6-5-12(3)15(16)10-14/h5,11,13-16H,6-10H2,1-4H3. The summed E-state index contributed by atoms with van der Waals surface area (Å²) in [4.78, 5) is 0. The topological polar surface area (TPSA) is 9.23 Å². The van der Waals surface area contributed by atoms with E-state index < -0.39 is 0 Å². The summed E-state index contributed by atoms with van der Waals surface area (Å²) in [6, 6.07) is 0. The third kappa shape index (κ3) is 3.13. The zero-order valence-electron chi connectivity index (χ0n) is 11.9. The smallest absolute Gasteiger partial charge is 0.0642 e. The molecule has 1 heteroatoms. The van der Waals surface area contributed by atoms with Gasteiger partial charge in [-0.3, -0.25) is 0 Å².